The Balaban J connectivity index is 1.77. The fourth-order valence-electron chi connectivity index (χ4n) is 6.69. The monoisotopic (exact) mass is 453 g/mol. The van der Waals surface area contributed by atoms with Crippen molar-refractivity contribution in [3.8, 4) is 0 Å². The first-order chi connectivity index (χ1) is 16.3. The van der Waals surface area contributed by atoms with Crippen LogP contribution in [0.2, 0.25) is 0 Å². The van der Waals surface area contributed by atoms with E-state index in [1.165, 1.54) is 14.1 Å². The molecule has 2 spiro atoms. The minimum Gasteiger partial charge on any atom is -0.292 e. The topological polar surface area (TPSA) is 78.0 Å². The van der Waals surface area contributed by atoms with Crippen LogP contribution in [0, 0.1) is 5.41 Å². The fourth-order valence-corrected chi connectivity index (χ4v) is 6.69. The molecule has 2 atom stereocenters. The molecule has 0 aromatic heterocycles. The van der Waals surface area contributed by atoms with Crippen molar-refractivity contribution in [1.29, 1.82) is 0 Å². The molecular formula is C27H23N3O4. The molecular weight excluding hydrogens is 430 g/mol. The van der Waals surface area contributed by atoms with E-state index in [4.69, 9.17) is 0 Å². The second kappa shape index (κ2) is 6.61. The van der Waals surface area contributed by atoms with Gasteiger partial charge in [0, 0.05) is 32.1 Å². The average molecular weight is 453 g/mol. The summed E-state index contributed by atoms with van der Waals surface area (Å²) in [7, 11) is 4.57. The van der Waals surface area contributed by atoms with E-state index in [1.54, 1.807) is 13.1 Å². The normalized spacial score (nSPS) is 26.0. The van der Waals surface area contributed by atoms with Gasteiger partial charge in [-0.05, 0) is 28.9 Å². The highest BCUT2D eigenvalue weighted by molar-refractivity contribution is 6.29. The van der Waals surface area contributed by atoms with E-state index < -0.39 is 34.7 Å². The van der Waals surface area contributed by atoms with Crippen molar-refractivity contribution in [1.82, 2.24) is 14.7 Å². The maximum atomic E-state index is 14.5. The van der Waals surface area contributed by atoms with Gasteiger partial charge in [0.1, 0.15) is 5.54 Å². The largest absolute Gasteiger partial charge is 0.332 e. The molecule has 7 nitrogen and oxygen atoms in total. The lowest BCUT2D eigenvalue weighted by Gasteiger charge is -2.50. The maximum Gasteiger partial charge on any atom is 0.332 e. The summed E-state index contributed by atoms with van der Waals surface area (Å²) < 4.78 is 0. The summed E-state index contributed by atoms with van der Waals surface area (Å²) >= 11 is 0. The summed E-state index contributed by atoms with van der Waals surface area (Å²) in [5, 5.41) is 1.64. The molecule has 3 aromatic rings. The highest BCUT2D eigenvalue weighted by Gasteiger charge is 2.79. The van der Waals surface area contributed by atoms with Crippen LogP contribution >= 0.6 is 0 Å². The van der Waals surface area contributed by atoms with E-state index in [0.717, 1.165) is 26.1 Å². The number of nitrogens with zero attached hydrogens (tertiary/aromatic N) is 3. The Kier molecular flexibility index (Phi) is 4.03. The van der Waals surface area contributed by atoms with Gasteiger partial charge >= 0.3 is 6.03 Å². The summed E-state index contributed by atoms with van der Waals surface area (Å²) in [6, 6.07) is 19.8. The number of amides is 4. The van der Waals surface area contributed by atoms with E-state index >= 15 is 0 Å². The van der Waals surface area contributed by atoms with Gasteiger partial charge in [-0.25, -0.2) is 4.79 Å². The van der Waals surface area contributed by atoms with Gasteiger partial charge < -0.3 is 0 Å². The minimum absolute atomic E-state index is 0.280. The van der Waals surface area contributed by atoms with Gasteiger partial charge in [-0.2, -0.15) is 0 Å². The van der Waals surface area contributed by atoms with Crippen molar-refractivity contribution in [2.45, 2.75) is 11.5 Å². The predicted molar refractivity (Wildman–Crippen MR) is 125 cm³/mol. The molecule has 34 heavy (non-hydrogen) atoms. The van der Waals surface area contributed by atoms with Gasteiger partial charge in [-0.1, -0.05) is 66.7 Å². The number of imide groups is 2. The highest BCUT2D eigenvalue weighted by atomic mass is 16.2. The van der Waals surface area contributed by atoms with E-state index in [1.807, 2.05) is 65.6 Å². The zero-order valence-corrected chi connectivity index (χ0v) is 19.1. The third kappa shape index (κ3) is 2.03. The molecule has 2 saturated heterocycles. The number of barbiturate groups is 1. The number of hydrogen-bond donors (Lipinski definition) is 0. The second-order valence-electron chi connectivity index (χ2n) is 9.41. The molecule has 0 bridgehead atoms. The van der Waals surface area contributed by atoms with Crippen LogP contribution in [0.25, 0.3) is 10.8 Å². The van der Waals surface area contributed by atoms with Gasteiger partial charge in [0.25, 0.3) is 0 Å². The first kappa shape index (κ1) is 20.7. The molecule has 0 saturated carbocycles. The Morgan fingerprint density at radius 3 is 2.03 bits per heavy atom. The number of carbonyl (C=O) groups is 4. The number of benzene rings is 3. The lowest BCUT2D eigenvalue weighted by atomic mass is 9.58. The van der Waals surface area contributed by atoms with Crippen LogP contribution in [0.15, 0.2) is 66.7 Å². The molecule has 3 aromatic carbocycles. The highest BCUT2D eigenvalue weighted by Crippen LogP contribution is 2.65. The molecule has 6 rings (SSSR count). The van der Waals surface area contributed by atoms with Crippen molar-refractivity contribution in [3.05, 3.63) is 83.4 Å². The van der Waals surface area contributed by atoms with Crippen LogP contribution < -0.4 is 0 Å². The third-order valence-electron chi connectivity index (χ3n) is 8.05. The number of likely N-dealkylation sites (N-methyl/N-ethyl adjacent to an activating group) is 1. The first-order valence-corrected chi connectivity index (χ1v) is 11.2. The standard InChI is InChI=1S/C27H23N3O4/c1-28-15-20(16-9-5-4-6-10-16)26(23(32)29(2)25(34)30(3)24(26)33)27(28)19-14-8-12-17-11-7-13-18(21(17)19)22(27)31/h4-14,20H,15H2,1-3H3/t20-,27-/m0/s1. The molecule has 0 N–H and O–H groups in total. The lowest BCUT2D eigenvalue weighted by Crippen LogP contribution is -2.72. The molecule has 3 aliphatic rings. The number of carbonyl (C=O) groups excluding carboxylic acids is 4. The van der Waals surface area contributed by atoms with Gasteiger partial charge in [0.2, 0.25) is 11.8 Å². The van der Waals surface area contributed by atoms with E-state index in [0.29, 0.717) is 17.7 Å². The molecule has 0 unspecified atom stereocenters. The Hall–Kier alpha value is -3.84. The smallest absolute Gasteiger partial charge is 0.292 e. The Bertz CT molecular complexity index is 1400. The molecule has 7 heteroatoms. The van der Waals surface area contributed by atoms with Crippen molar-refractivity contribution in [2.24, 2.45) is 5.41 Å². The van der Waals surface area contributed by atoms with Gasteiger partial charge in [0.15, 0.2) is 11.2 Å². The number of urea groups is 1. The number of hydrogen-bond acceptors (Lipinski definition) is 5. The van der Waals surface area contributed by atoms with E-state index in [9.17, 15) is 19.2 Å². The Morgan fingerprint density at radius 1 is 0.765 bits per heavy atom. The molecule has 4 amide bonds. The minimum atomic E-state index is -1.84. The lowest BCUT2D eigenvalue weighted by molar-refractivity contribution is -0.163. The summed E-state index contributed by atoms with van der Waals surface area (Å²) in [5.41, 5.74) is -1.50. The van der Waals surface area contributed by atoms with Crippen LogP contribution in [0.3, 0.4) is 0 Å². The predicted octanol–water partition coefficient (Wildman–Crippen LogP) is 3.00. The molecule has 2 heterocycles. The molecule has 170 valence electrons. The first-order valence-electron chi connectivity index (χ1n) is 11.2. The van der Waals surface area contributed by atoms with Crippen LogP contribution in [-0.2, 0) is 15.1 Å². The summed E-state index contributed by atoms with van der Waals surface area (Å²) in [6.07, 6.45) is 0. The molecule has 0 radical (unpaired) electrons. The molecule has 1 aliphatic carbocycles. The fraction of sp³-hybridized carbons (Fsp3) is 0.259. The number of fused-ring (bicyclic) bond motifs is 2. The van der Waals surface area contributed by atoms with Crippen LogP contribution in [0.4, 0.5) is 4.79 Å². The zero-order chi connectivity index (χ0) is 24.0. The van der Waals surface area contributed by atoms with Gasteiger partial charge in [-0.15, -0.1) is 0 Å². The Morgan fingerprint density at radius 2 is 1.38 bits per heavy atom. The van der Waals surface area contributed by atoms with Crippen LogP contribution in [-0.4, -0.2) is 66.0 Å². The summed E-state index contributed by atoms with van der Waals surface area (Å²) in [6.45, 7) is 0.299. The Labute approximate surface area is 196 Å². The van der Waals surface area contributed by atoms with Gasteiger partial charge in [-0.3, -0.25) is 29.1 Å². The molecule has 2 aliphatic heterocycles. The van der Waals surface area contributed by atoms with Crippen LogP contribution in [0.5, 0.6) is 0 Å². The number of ketones is 1. The maximum absolute atomic E-state index is 14.5. The quantitative estimate of drug-likeness (QED) is 0.530. The summed E-state index contributed by atoms with van der Waals surface area (Å²) in [5.74, 6) is -2.20. The third-order valence-corrected chi connectivity index (χ3v) is 8.05. The van der Waals surface area contributed by atoms with Crippen LogP contribution in [0.1, 0.15) is 27.4 Å². The zero-order valence-electron chi connectivity index (χ0n) is 19.1. The summed E-state index contributed by atoms with van der Waals surface area (Å²) in [4.78, 5) is 59.7. The van der Waals surface area contributed by atoms with Crippen molar-refractivity contribution < 1.29 is 19.2 Å². The number of rotatable bonds is 1. The van der Waals surface area contributed by atoms with E-state index in [-0.39, 0.29) is 5.78 Å². The SMILES string of the molecule is CN1C(=O)N(C)C(=O)C2(C1=O)[C@H](c1ccccc1)CN(C)[C@@]21C(=O)c2cccc3cccc1c23. The van der Waals surface area contributed by atoms with Crippen molar-refractivity contribution in [3.63, 3.8) is 0 Å². The average Bonchev–Trinajstić information content (AvgIpc) is 3.29. The number of Topliss-reactive ketones (excluding diaryl/α,β-unsaturated/α-hetero) is 1. The van der Waals surface area contributed by atoms with Gasteiger partial charge in [0.05, 0.1) is 0 Å². The molecule has 2 fully saturated rings. The number of likely N-dealkylation sites (tertiary alicyclic amines) is 1. The van der Waals surface area contributed by atoms with Crippen molar-refractivity contribution in [2.75, 3.05) is 27.7 Å². The van der Waals surface area contributed by atoms with E-state index in [2.05, 4.69) is 0 Å². The second-order valence-corrected chi connectivity index (χ2v) is 9.41. The van der Waals surface area contributed by atoms with Crippen molar-refractivity contribution >= 4 is 34.4 Å².